The fourth-order valence-electron chi connectivity index (χ4n) is 2.55. The van der Waals surface area contributed by atoms with Crippen LogP contribution in [-0.2, 0) is 17.9 Å². The Morgan fingerprint density at radius 3 is 2.88 bits per heavy atom. The minimum absolute atomic E-state index is 0.153. The van der Waals surface area contributed by atoms with Crippen molar-refractivity contribution in [3.05, 3.63) is 70.1 Å². The number of aromatic nitrogens is 5. The highest BCUT2D eigenvalue weighted by molar-refractivity contribution is 6.30. The number of amides is 1. The summed E-state index contributed by atoms with van der Waals surface area (Å²) in [6.07, 6.45) is 5.14. The smallest absolute Gasteiger partial charge is 0.349 e. The van der Waals surface area contributed by atoms with Crippen LogP contribution in [0.3, 0.4) is 0 Å². The second-order valence-electron chi connectivity index (χ2n) is 5.49. The van der Waals surface area contributed by atoms with E-state index in [1.54, 1.807) is 53.3 Å². The summed E-state index contributed by atoms with van der Waals surface area (Å²) in [5, 5.41) is 7.46. The van der Waals surface area contributed by atoms with E-state index in [1.807, 2.05) is 0 Å². The molecule has 0 atom stereocenters. The number of imidazole rings is 1. The number of carbonyl (C=O) groups is 1. The molecule has 126 valence electrons. The van der Waals surface area contributed by atoms with Gasteiger partial charge in [0.1, 0.15) is 12.2 Å². The van der Waals surface area contributed by atoms with E-state index in [0.717, 1.165) is 10.3 Å². The second kappa shape index (κ2) is 6.06. The normalized spacial score (nSPS) is 11.2. The molecule has 0 bridgehead atoms. The topological polar surface area (TPSA) is 85.7 Å². The largest absolute Gasteiger partial charge is 0.350 e. The molecule has 0 saturated heterocycles. The van der Waals surface area contributed by atoms with Gasteiger partial charge in [-0.2, -0.15) is 0 Å². The van der Waals surface area contributed by atoms with Gasteiger partial charge in [-0.25, -0.2) is 14.5 Å². The standard InChI is InChI=1S/C16H13ClN6O2/c17-11-4-5-13-19-12(9-21(13)8-11)7-18-15(24)10-23-16(25)22-6-2-1-3-14(22)20-23/h1-6,8-9H,7,10H2,(H,18,24). The predicted molar refractivity (Wildman–Crippen MR) is 91.5 cm³/mol. The first-order valence-corrected chi connectivity index (χ1v) is 7.92. The number of pyridine rings is 2. The summed E-state index contributed by atoms with van der Waals surface area (Å²) in [6, 6.07) is 8.77. The summed E-state index contributed by atoms with van der Waals surface area (Å²) in [6.45, 7) is 0.0972. The van der Waals surface area contributed by atoms with E-state index in [9.17, 15) is 9.59 Å². The number of nitrogens with zero attached hydrogens (tertiary/aromatic N) is 5. The van der Waals surface area contributed by atoms with Crippen LogP contribution in [0, 0.1) is 0 Å². The number of fused-ring (bicyclic) bond motifs is 2. The van der Waals surface area contributed by atoms with Crippen molar-refractivity contribution < 1.29 is 4.79 Å². The lowest BCUT2D eigenvalue weighted by Crippen LogP contribution is -2.32. The summed E-state index contributed by atoms with van der Waals surface area (Å²) >= 11 is 5.93. The lowest BCUT2D eigenvalue weighted by Gasteiger charge is -2.02. The van der Waals surface area contributed by atoms with Gasteiger partial charge in [-0.1, -0.05) is 17.7 Å². The molecule has 0 radical (unpaired) electrons. The van der Waals surface area contributed by atoms with Crippen LogP contribution >= 0.6 is 11.6 Å². The number of nitrogens with one attached hydrogen (secondary N) is 1. The number of hydrogen-bond acceptors (Lipinski definition) is 4. The highest BCUT2D eigenvalue weighted by Gasteiger charge is 2.11. The molecule has 8 nitrogen and oxygen atoms in total. The number of hydrogen-bond donors (Lipinski definition) is 1. The lowest BCUT2D eigenvalue weighted by atomic mass is 10.4. The van der Waals surface area contributed by atoms with Gasteiger partial charge in [0.05, 0.1) is 17.3 Å². The van der Waals surface area contributed by atoms with Gasteiger partial charge in [0, 0.05) is 18.6 Å². The zero-order valence-electron chi connectivity index (χ0n) is 13.0. The first kappa shape index (κ1) is 15.4. The van der Waals surface area contributed by atoms with Crippen molar-refractivity contribution in [2.75, 3.05) is 0 Å². The Balaban J connectivity index is 1.46. The average Bonchev–Trinajstić information content (AvgIpc) is 3.14. The minimum atomic E-state index is -0.354. The molecule has 1 N–H and O–H groups in total. The fourth-order valence-corrected chi connectivity index (χ4v) is 2.72. The molecule has 25 heavy (non-hydrogen) atoms. The van der Waals surface area contributed by atoms with Crippen LogP contribution in [-0.4, -0.2) is 29.5 Å². The maximum atomic E-state index is 12.1. The van der Waals surface area contributed by atoms with Gasteiger partial charge in [-0.3, -0.25) is 9.20 Å². The van der Waals surface area contributed by atoms with E-state index in [1.165, 1.54) is 4.40 Å². The fraction of sp³-hybridized carbons (Fsp3) is 0.125. The minimum Gasteiger partial charge on any atom is -0.349 e. The quantitative estimate of drug-likeness (QED) is 0.593. The Morgan fingerprint density at radius 2 is 2.04 bits per heavy atom. The van der Waals surface area contributed by atoms with Crippen molar-refractivity contribution >= 4 is 28.8 Å². The van der Waals surface area contributed by atoms with Gasteiger partial charge in [0.25, 0.3) is 0 Å². The van der Waals surface area contributed by atoms with Crippen molar-refractivity contribution in [1.29, 1.82) is 0 Å². The Morgan fingerprint density at radius 1 is 1.16 bits per heavy atom. The highest BCUT2D eigenvalue weighted by Crippen LogP contribution is 2.11. The first-order chi connectivity index (χ1) is 12.1. The van der Waals surface area contributed by atoms with E-state index >= 15 is 0 Å². The third kappa shape index (κ3) is 2.99. The van der Waals surface area contributed by atoms with Crippen LogP contribution < -0.4 is 11.0 Å². The maximum Gasteiger partial charge on any atom is 0.350 e. The van der Waals surface area contributed by atoms with E-state index < -0.39 is 0 Å². The summed E-state index contributed by atoms with van der Waals surface area (Å²) in [4.78, 5) is 28.6. The maximum absolute atomic E-state index is 12.1. The van der Waals surface area contributed by atoms with Gasteiger partial charge in [0.15, 0.2) is 5.65 Å². The number of carbonyl (C=O) groups excluding carboxylic acids is 1. The highest BCUT2D eigenvalue weighted by atomic mass is 35.5. The molecule has 4 rings (SSSR count). The molecule has 4 aromatic rings. The Hall–Kier alpha value is -3.13. The molecule has 0 aliphatic heterocycles. The summed E-state index contributed by atoms with van der Waals surface area (Å²) < 4.78 is 4.31. The van der Waals surface area contributed by atoms with Gasteiger partial charge < -0.3 is 9.72 Å². The van der Waals surface area contributed by atoms with Crippen molar-refractivity contribution in [2.24, 2.45) is 0 Å². The van der Waals surface area contributed by atoms with Crippen LogP contribution in [0.1, 0.15) is 5.69 Å². The van der Waals surface area contributed by atoms with Crippen LogP contribution in [0.2, 0.25) is 5.02 Å². The average molecular weight is 357 g/mol. The molecule has 0 unspecified atom stereocenters. The SMILES string of the molecule is O=C(Cn1nc2ccccn2c1=O)NCc1cn2cc(Cl)ccc2n1. The van der Waals surface area contributed by atoms with Gasteiger partial charge in [-0.05, 0) is 24.3 Å². The molecule has 0 saturated carbocycles. The molecule has 1 amide bonds. The molecule has 0 aliphatic rings. The molecular weight excluding hydrogens is 344 g/mol. The van der Waals surface area contributed by atoms with Crippen LogP contribution in [0.4, 0.5) is 0 Å². The molecule has 0 aromatic carbocycles. The first-order valence-electron chi connectivity index (χ1n) is 7.54. The Kier molecular flexibility index (Phi) is 3.73. The van der Waals surface area contributed by atoms with Gasteiger partial charge >= 0.3 is 5.69 Å². The number of halogens is 1. The van der Waals surface area contributed by atoms with Crippen LogP contribution in [0.25, 0.3) is 11.3 Å². The van der Waals surface area contributed by atoms with Crippen LogP contribution in [0.15, 0.2) is 53.7 Å². The van der Waals surface area contributed by atoms with E-state index in [0.29, 0.717) is 16.4 Å². The number of rotatable bonds is 4. The Labute approximate surface area is 146 Å². The van der Waals surface area contributed by atoms with Crippen molar-refractivity contribution in [1.82, 2.24) is 28.9 Å². The van der Waals surface area contributed by atoms with Crippen LogP contribution in [0.5, 0.6) is 0 Å². The molecule has 9 heteroatoms. The zero-order valence-corrected chi connectivity index (χ0v) is 13.7. The predicted octanol–water partition coefficient (Wildman–Crippen LogP) is 1.11. The molecular formula is C16H13ClN6O2. The molecule has 4 heterocycles. The molecule has 4 aromatic heterocycles. The van der Waals surface area contributed by atoms with E-state index in [4.69, 9.17) is 11.6 Å². The van der Waals surface area contributed by atoms with Gasteiger partial charge in [0.2, 0.25) is 5.91 Å². The van der Waals surface area contributed by atoms with E-state index in [2.05, 4.69) is 15.4 Å². The van der Waals surface area contributed by atoms with Crippen molar-refractivity contribution in [3.8, 4) is 0 Å². The summed E-state index contributed by atoms with van der Waals surface area (Å²) in [5.74, 6) is -0.319. The zero-order chi connectivity index (χ0) is 17.4. The molecule has 0 spiro atoms. The monoisotopic (exact) mass is 356 g/mol. The van der Waals surface area contributed by atoms with Crippen molar-refractivity contribution in [3.63, 3.8) is 0 Å². The second-order valence-corrected chi connectivity index (χ2v) is 5.93. The van der Waals surface area contributed by atoms with E-state index in [-0.39, 0.29) is 24.7 Å². The summed E-state index contributed by atoms with van der Waals surface area (Å²) in [5.41, 5.74) is 1.58. The van der Waals surface area contributed by atoms with Crippen molar-refractivity contribution in [2.45, 2.75) is 13.1 Å². The third-order valence-corrected chi connectivity index (χ3v) is 3.94. The van der Waals surface area contributed by atoms with Gasteiger partial charge in [-0.15, -0.1) is 5.10 Å². The molecule has 0 aliphatic carbocycles. The summed E-state index contributed by atoms with van der Waals surface area (Å²) in [7, 11) is 0. The lowest BCUT2D eigenvalue weighted by molar-refractivity contribution is -0.122. The molecule has 0 fully saturated rings. The third-order valence-electron chi connectivity index (χ3n) is 3.71. The Bertz CT molecular complexity index is 1140.